The van der Waals surface area contributed by atoms with E-state index in [1.807, 2.05) is 12.1 Å². The third-order valence-corrected chi connectivity index (χ3v) is 4.78. The molecule has 7 heteroatoms. The number of hydrogen-bond donors (Lipinski definition) is 0. The molecule has 0 aromatic heterocycles. The third kappa shape index (κ3) is 3.67. The lowest BCUT2D eigenvalue weighted by atomic mass is 10.1. The number of rotatable bonds is 4. The van der Waals surface area contributed by atoms with Crippen molar-refractivity contribution >= 4 is 35.5 Å². The lowest BCUT2D eigenvalue weighted by Crippen LogP contribution is -2.23. The second-order valence-corrected chi connectivity index (χ2v) is 6.61. The molecule has 2 aromatic carbocycles. The molecule has 0 bridgehead atoms. The summed E-state index contributed by atoms with van der Waals surface area (Å²) in [5.74, 6) is -0.813. The minimum absolute atomic E-state index is 0.0927. The summed E-state index contributed by atoms with van der Waals surface area (Å²) < 4.78 is 10.1. The molecule has 0 N–H and O–H groups in total. The Morgan fingerprint density at radius 3 is 2.59 bits per heavy atom. The predicted octanol–water partition coefficient (Wildman–Crippen LogP) is 2.94. The Bertz CT molecular complexity index is 1050. The van der Waals surface area contributed by atoms with Crippen molar-refractivity contribution < 1.29 is 23.9 Å². The third-order valence-electron chi connectivity index (χ3n) is 4.78. The molecular weight excluding hydrogens is 372 g/mol. The number of hydrogen-bond acceptors (Lipinski definition) is 6. The summed E-state index contributed by atoms with van der Waals surface area (Å²) in [6.07, 6.45) is 2.91. The molecule has 0 unspecified atom stereocenters. The van der Waals surface area contributed by atoms with E-state index in [4.69, 9.17) is 9.47 Å². The monoisotopic (exact) mass is 390 g/mol. The summed E-state index contributed by atoms with van der Waals surface area (Å²) in [4.78, 5) is 42.0. The maximum atomic E-state index is 12.3. The maximum absolute atomic E-state index is 12.3. The normalized spacial score (nSPS) is 17.5. The molecular formula is C22H18N2O5. The summed E-state index contributed by atoms with van der Waals surface area (Å²) in [7, 11) is 1.30. The highest BCUT2D eigenvalue weighted by Gasteiger charge is 2.26. The Morgan fingerprint density at radius 1 is 1.14 bits per heavy atom. The highest BCUT2D eigenvalue weighted by Crippen LogP contribution is 2.25. The molecule has 2 aliphatic heterocycles. The second kappa shape index (κ2) is 7.71. The molecule has 2 heterocycles. The maximum Gasteiger partial charge on any atom is 0.363 e. The van der Waals surface area contributed by atoms with Gasteiger partial charge in [-0.1, -0.05) is 18.2 Å². The van der Waals surface area contributed by atoms with Crippen LogP contribution in [-0.2, 0) is 19.1 Å². The fourth-order valence-corrected chi connectivity index (χ4v) is 3.30. The van der Waals surface area contributed by atoms with Crippen molar-refractivity contribution in [3.63, 3.8) is 0 Å². The van der Waals surface area contributed by atoms with Gasteiger partial charge < -0.3 is 14.4 Å². The Labute approximate surface area is 167 Å². The molecule has 1 saturated heterocycles. The van der Waals surface area contributed by atoms with E-state index in [2.05, 4.69) is 4.99 Å². The SMILES string of the molecule is COC(=O)c1ccccc1/C=C1\N=C(c2ccc(N3CCCC3=O)cc2)OC1=O. The van der Waals surface area contributed by atoms with Crippen molar-refractivity contribution in [1.29, 1.82) is 0 Å². The van der Waals surface area contributed by atoms with Gasteiger partial charge in [0, 0.05) is 24.2 Å². The number of carbonyl (C=O) groups excluding carboxylic acids is 3. The smallest absolute Gasteiger partial charge is 0.363 e. The minimum atomic E-state index is -0.599. The van der Waals surface area contributed by atoms with E-state index in [0.717, 1.165) is 12.1 Å². The van der Waals surface area contributed by atoms with Crippen molar-refractivity contribution in [3.8, 4) is 0 Å². The van der Waals surface area contributed by atoms with Crippen LogP contribution in [0.4, 0.5) is 5.69 Å². The Kier molecular flexibility index (Phi) is 4.95. The number of amides is 1. The van der Waals surface area contributed by atoms with Gasteiger partial charge >= 0.3 is 11.9 Å². The first-order chi connectivity index (χ1) is 14.1. The number of carbonyl (C=O) groups is 3. The van der Waals surface area contributed by atoms with Gasteiger partial charge in [0.25, 0.3) is 0 Å². The first-order valence-electron chi connectivity index (χ1n) is 9.17. The number of aliphatic imine (C=N–C) groups is 1. The number of cyclic esters (lactones) is 1. The van der Waals surface area contributed by atoms with E-state index in [9.17, 15) is 14.4 Å². The van der Waals surface area contributed by atoms with Crippen LogP contribution in [0.3, 0.4) is 0 Å². The van der Waals surface area contributed by atoms with Crippen molar-refractivity contribution in [2.24, 2.45) is 4.99 Å². The zero-order valence-electron chi connectivity index (χ0n) is 15.8. The van der Waals surface area contributed by atoms with Crippen LogP contribution in [0.1, 0.15) is 34.3 Å². The quantitative estimate of drug-likeness (QED) is 0.592. The van der Waals surface area contributed by atoms with E-state index >= 15 is 0 Å². The fraction of sp³-hybridized carbons (Fsp3) is 0.182. The molecule has 0 aliphatic carbocycles. The highest BCUT2D eigenvalue weighted by molar-refractivity contribution is 6.13. The lowest BCUT2D eigenvalue weighted by molar-refractivity contribution is -0.130. The van der Waals surface area contributed by atoms with Crippen LogP contribution in [0.15, 0.2) is 59.2 Å². The zero-order valence-corrected chi connectivity index (χ0v) is 15.8. The van der Waals surface area contributed by atoms with E-state index in [1.54, 1.807) is 41.3 Å². The first-order valence-corrected chi connectivity index (χ1v) is 9.17. The second-order valence-electron chi connectivity index (χ2n) is 6.61. The Balaban J connectivity index is 1.61. The van der Waals surface area contributed by atoms with Gasteiger partial charge in [-0.3, -0.25) is 4.79 Å². The predicted molar refractivity (Wildman–Crippen MR) is 106 cm³/mol. The van der Waals surface area contributed by atoms with Gasteiger partial charge in [-0.25, -0.2) is 14.6 Å². The molecule has 0 spiro atoms. The summed E-state index contributed by atoms with van der Waals surface area (Å²) in [6.45, 7) is 0.709. The van der Waals surface area contributed by atoms with Crippen molar-refractivity contribution in [2.75, 3.05) is 18.6 Å². The van der Waals surface area contributed by atoms with E-state index in [0.29, 0.717) is 29.7 Å². The van der Waals surface area contributed by atoms with Gasteiger partial charge in [0.15, 0.2) is 5.70 Å². The van der Waals surface area contributed by atoms with Crippen LogP contribution in [-0.4, -0.2) is 37.4 Å². The van der Waals surface area contributed by atoms with Crippen LogP contribution in [0.2, 0.25) is 0 Å². The van der Waals surface area contributed by atoms with Gasteiger partial charge in [-0.15, -0.1) is 0 Å². The van der Waals surface area contributed by atoms with Crippen molar-refractivity contribution in [1.82, 2.24) is 0 Å². The molecule has 146 valence electrons. The van der Waals surface area contributed by atoms with Gasteiger partial charge in [0.1, 0.15) is 0 Å². The zero-order chi connectivity index (χ0) is 20.4. The molecule has 4 rings (SSSR count). The standard InChI is InChI=1S/C22H18N2O5/c1-28-21(26)17-6-3-2-5-15(17)13-18-22(27)29-20(23-18)14-8-10-16(11-9-14)24-12-4-7-19(24)25/h2-3,5-6,8-11,13H,4,7,12H2,1H3/b18-13-. The van der Waals surface area contributed by atoms with Crippen LogP contribution < -0.4 is 4.90 Å². The minimum Gasteiger partial charge on any atom is -0.465 e. The first kappa shape index (κ1) is 18.6. The average Bonchev–Trinajstić information content (AvgIpc) is 3.33. The van der Waals surface area contributed by atoms with Crippen LogP contribution in [0.5, 0.6) is 0 Å². The van der Waals surface area contributed by atoms with Gasteiger partial charge in [-0.05, 0) is 48.4 Å². The molecule has 2 aliphatic rings. The molecule has 1 amide bonds. The molecule has 0 saturated carbocycles. The van der Waals surface area contributed by atoms with Gasteiger partial charge in [0.2, 0.25) is 11.8 Å². The number of methoxy groups -OCH3 is 1. The molecule has 1 fully saturated rings. The summed E-state index contributed by atoms with van der Waals surface area (Å²) in [6, 6.07) is 13.9. The number of anilines is 1. The average molecular weight is 390 g/mol. The van der Waals surface area contributed by atoms with E-state index in [-0.39, 0.29) is 17.5 Å². The van der Waals surface area contributed by atoms with Gasteiger partial charge in [-0.2, -0.15) is 0 Å². The molecule has 0 atom stereocenters. The number of ether oxygens (including phenoxy) is 2. The summed E-state index contributed by atoms with van der Waals surface area (Å²) in [5, 5.41) is 0. The van der Waals surface area contributed by atoms with E-state index < -0.39 is 11.9 Å². The molecule has 0 radical (unpaired) electrons. The summed E-state index contributed by atoms with van der Waals surface area (Å²) >= 11 is 0. The van der Waals surface area contributed by atoms with Crippen molar-refractivity contribution in [3.05, 3.63) is 70.9 Å². The topological polar surface area (TPSA) is 85.3 Å². The largest absolute Gasteiger partial charge is 0.465 e. The van der Waals surface area contributed by atoms with Gasteiger partial charge in [0.05, 0.1) is 12.7 Å². The number of nitrogens with zero attached hydrogens (tertiary/aromatic N) is 2. The Morgan fingerprint density at radius 2 is 1.90 bits per heavy atom. The van der Waals surface area contributed by atoms with E-state index in [1.165, 1.54) is 13.2 Å². The Hall–Kier alpha value is -3.74. The van der Waals surface area contributed by atoms with Crippen LogP contribution in [0.25, 0.3) is 6.08 Å². The van der Waals surface area contributed by atoms with Crippen LogP contribution in [0, 0.1) is 0 Å². The lowest BCUT2D eigenvalue weighted by Gasteiger charge is -2.15. The number of benzene rings is 2. The number of esters is 2. The fourth-order valence-electron chi connectivity index (χ4n) is 3.30. The summed E-state index contributed by atoms with van der Waals surface area (Å²) in [5.41, 5.74) is 2.37. The van der Waals surface area contributed by atoms with Crippen molar-refractivity contribution in [2.45, 2.75) is 12.8 Å². The molecule has 2 aromatic rings. The van der Waals surface area contributed by atoms with Crippen LogP contribution >= 0.6 is 0 Å². The molecule has 7 nitrogen and oxygen atoms in total. The molecule has 29 heavy (non-hydrogen) atoms. The highest BCUT2D eigenvalue weighted by atomic mass is 16.6.